The fraction of sp³-hybridized carbons (Fsp3) is 0.111. The van der Waals surface area contributed by atoms with E-state index in [9.17, 15) is 19.7 Å². The first-order chi connectivity index (χ1) is 8.45. The molecule has 0 bridgehead atoms. The van der Waals surface area contributed by atoms with Crippen LogP contribution < -0.4 is 10.9 Å². The Balaban J connectivity index is 2.84. The van der Waals surface area contributed by atoms with Crippen LogP contribution in [0.1, 0.15) is 10.4 Å². The number of hydrogen-bond acceptors (Lipinski definition) is 5. The van der Waals surface area contributed by atoms with Gasteiger partial charge in [-0.05, 0) is 12.1 Å². The maximum Gasteiger partial charge on any atom is 0.425 e. The number of nitrogens with one attached hydrogen (secondary N) is 2. The van der Waals surface area contributed by atoms with Crippen LogP contribution in [-0.4, -0.2) is 24.0 Å². The van der Waals surface area contributed by atoms with Crippen LogP contribution >= 0.6 is 11.6 Å². The lowest BCUT2D eigenvalue weighted by Crippen LogP contribution is -2.41. The second kappa shape index (κ2) is 5.82. The van der Waals surface area contributed by atoms with Gasteiger partial charge < -0.3 is 4.74 Å². The molecule has 0 heterocycles. The third-order valence-electron chi connectivity index (χ3n) is 1.87. The largest absolute Gasteiger partial charge is 0.452 e. The third kappa shape index (κ3) is 3.32. The molecule has 0 aliphatic rings. The molecule has 96 valence electrons. The second-order valence-electron chi connectivity index (χ2n) is 2.99. The molecule has 1 rings (SSSR count). The lowest BCUT2D eigenvalue weighted by atomic mass is 10.2. The average Bonchev–Trinajstić information content (AvgIpc) is 2.35. The molecule has 0 radical (unpaired) electrons. The summed E-state index contributed by atoms with van der Waals surface area (Å²) in [6, 6.07) is 3.49. The lowest BCUT2D eigenvalue weighted by molar-refractivity contribution is -0.384. The SMILES string of the molecule is COC(=O)NNC(=O)c1ccc(Cl)c([N+](=O)[O-])c1. The van der Waals surface area contributed by atoms with Crippen LogP contribution in [0.25, 0.3) is 0 Å². The zero-order valence-electron chi connectivity index (χ0n) is 9.10. The van der Waals surface area contributed by atoms with Crippen molar-refractivity contribution in [2.75, 3.05) is 7.11 Å². The molecule has 1 aromatic carbocycles. The Labute approximate surface area is 106 Å². The molecule has 0 aliphatic carbocycles. The van der Waals surface area contributed by atoms with E-state index >= 15 is 0 Å². The molecular formula is C9H8ClN3O5. The number of hydrazine groups is 1. The summed E-state index contributed by atoms with van der Waals surface area (Å²) in [6.45, 7) is 0. The normalized spacial score (nSPS) is 9.44. The molecule has 0 saturated heterocycles. The van der Waals surface area contributed by atoms with Crippen molar-refractivity contribution in [1.29, 1.82) is 0 Å². The van der Waals surface area contributed by atoms with Crippen LogP contribution in [0.15, 0.2) is 18.2 Å². The summed E-state index contributed by atoms with van der Waals surface area (Å²) in [6.07, 6.45) is -0.869. The Morgan fingerprint density at radius 3 is 2.61 bits per heavy atom. The number of ether oxygens (including phenoxy) is 1. The summed E-state index contributed by atoms with van der Waals surface area (Å²) in [4.78, 5) is 32.1. The minimum absolute atomic E-state index is 0.0255. The Bertz CT molecular complexity index is 505. The first-order valence-electron chi connectivity index (χ1n) is 4.54. The Morgan fingerprint density at radius 2 is 2.06 bits per heavy atom. The summed E-state index contributed by atoms with van der Waals surface area (Å²) in [5.41, 5.74) is 3.51. The van der Waals surface area contributed by atoms with Gasteiger partial charge >= 0.3 is 6.09 Å². The second-order valence-corrected chi connectivity index (χ2v) is 3.40. The molecule has 0 atom stereocenters. The minimum atomic E-state index is -0.869. The van der Waals surface area contributed by atoms with Crippen LogP contribution in [0.3, 0.4) is 0 Å². The van der Waals surface area contributed by atoms with Crippen molar-refractivity contribution in [3.63, 3.8) is 0 Å². The van der Waals surface area contributed by atoms with E-state index in [1.165, 1.54) is 12.1 Å². The number of nitrogens with zero attached hydrogens (tertiary/aromatic N) is 1. The molecule has 0 aromatic heterocycles. The maximum atomic E-state index is 11.5. The van der Waals surface area contributed by atoms with Gasteiger partial charge in [-0.3, -0.25) is 20.3 Å². The highest BCUT2D eigenvalue weighted by Gasteiger charge is 2.16. The number of halogens is 1. The van der Waals surface area contributed by atoms with E-state index in [1.807, 2.05) is 10.9 Å². The van der Waals surface area contributed by atoms with Crippen LogP contribution in [0.5, 0.6) is 0 Å². The molecule has 8 nitrogen and oxygen atoms in total. The summed E-state index contributed by atoms with van der Waals surface area (Å²) in [7, 11) is 1.12. The number of amides is 2. The van der Waals surface area contributed by atoms with Crippen LogP contribution in [0.2, 0.25) is 5.02 Å². The zero-order chi connectivity index (χ0) is 13.7. The first-order valence-corrected chi connectivity index (χ1v) is 4.91. The molecule has 9 heteroatoms. The van der Waals surface area contributed by atoms with Gasteiger partial charge in [-0.1, -0.05) is 11.6 Å². The smallest absolute Gasteiger partial charge is 0.425 e. The van der Waals surface area contributed by atoms with Crippen molar-refractivity contribution in [1.82, 2.24) is 10.9 Å². The van der Waals surface area contributed by atoms with E-state index in [2.05, 4.69) is 4.74 Å². The fourth-order valence-electron chi connectivity index (χ4n) is 1.02. The Kier molecular flexibility index (Phi) is 4.44. The highest BCUT2D eigenvalue weighted by molar-refractivity contribution is 6.32. The van der Waals surface area contributed by atoms with Crippen molar-refractivity contribution in [3.05, 3.63) is 38.9 Å². The zero-order valence-corrected chi connectivity index (χ0v) is 9.85. The predicted octanol–water partition coefficient (Wildman–Crippen LogP) is 1.25. The molecule has 0 fully saturated rings. The van der Waals surface area contributed by atoms with Crippen molar-refractivity contribution in [3.8, 4) is 0 Å². The fourth-order valence-corrected chi connectivity index (χ4v) is 1.21. The number of carbonyl (C=O) groups is 2. The monoisotopic (exact) mass is 273 g/mol. The standard InChI is InChI=1S/C9H8ClN3O5/c1-18-9(15)12-11-8(14)5-2-3-6(10)7(4-5)13(16)17/h2-4H,1H3,(H,11,14)(H,12,15). The molecule has 18 heavy (non-hydrogen) atoms. The van der Waals surface area contributed by atoms with Gasteiger partial charge in [0.1, 0.15) is 5.02 Å². The number of nitro groups is 1. The van der Waals surface area contributed by atoms with E-state index in [1.54, 1.807) is 0 Å². The van der Waals surface area contributed by atoms with Gasteiger partial charge in [-0.2, -0.15) is 0 Å². The number of benzene rings is 1. The Morgan fingerprint density at radius 1 is 1.39 bits per heavy atom. The van der Waals surface area contributed by atoms with Gasteiger partial charge in [-0.25, -0.2) is 10.2 Å². The molecular weight excluding hydrogens is 266 g/mol. The van der Waals surface area contributed by atoms with Crippen molar-refractivity contribution >= 4 is 29.3 Å². The van der Waals surface area contributed by atoms with E-state index in [0.717, 1.165) is 13.2 Å². The summed E-state index contributed by atoms with van der Waals surface area (Å²) in [5.74, 6) is -0.736. The molecule has 0 spiro atoms. The number of hydrogen-bond donors (Lipinski definition) is 2. The summed E-state index contributed by atoms with van der Waals surface area (Å²) >= 11 is 5.58. The third-order valence-corrected chi connectivity index (χ3v) is 2.19. The van der Waals surface area contributed by atoms with E-state index < -0.39 is 22.6 Å². The topological polar surface area (TPSA) is 111 Å². The van der Waals surface area contributed by atoms with Gasteiger partial charge in [0.25, 0.3) is 11.6 Å². The summed E-state index contributed by atoms with van der Waals surface area (Å²) in [5, 5.41) is 10.5. The number of carbonyl (C=O) groups excluding carboxylic acids is 2. The number of rotatable bonds is 2. The van der Waals surface area contributed by atoms with Gasteiger partial charge in [0.15, 0.2) is 0 Å². The molecule has 1 aromatic rings. The van der Waals surface area contributed by atoms with Gasteiger partial charge in [0, 0.05) is 11.6 Å². The van der Waals surface area contributed by atoms with Crippen LogP contribution in [-0.2, 0) is 4.74 Å². The molecule has 2 N–H and O–H groups in total. The number of methoxy groups -OCH3 is 1. The van der Waals surface area contributed by atoms with E-state index in [-0.39, 0.29) is 10.6 Å². The van der Waals surface area contributed by atoms with E-state index in [4.69, 9.17) is 11.6 Å². The quantitative estimate of drug-likeness (QED) is 0.622. The summed E-state index contributed by atoms with van der Waals surface area (Å²) < 4.78 is 4.22. The van der Waals surface area contributed by atoms with Gasteiger partial charge in [0.05, 0.1) is 12.0 Å². The molecule has 0 aliphatic heterocycles. The van der Waals surface area contributed by atoms with Crippen molar-refractivity contribution in [2.45, 2.75) is 0 Å². The van der Waals surface area contributed by atoms with Crippen LogP contribution in [0.4, 0.5) is 10.5 Å². The highest BCUT2D eigenvalue weighted by Crippen LogP contribution is 2.24. The van der Waals surface area contributed by atoms with Gasteiger partial charge in [-0.15, -0.1) is 0 Å². The number of nitro benzene ring substituents is 1. The molecule has 2 amide bonds. The van der Waals surface area contributed by atoms with Gasteiger partial charge in [0.2, 0.25) is 0 Å². The van der Waals surface area contributed by atoms with Crippen molar-refractivity contribution in [2.24, 2.45) is 0 Å². The first kappa shape index (κ1) is 13.7. The average molecular weight is 274 g/mol. The van der Waals surface area contributed by atoms with E-state index in [0.29, 0.717) is 0 Å². The highest BCUT2D eigenvalue weighted by atomic mass is 35.5. The van der Waals surface area contributed by atoms with Crippen molar-refractivity contribution < 1.29 is 19.2 Å². The predicted molar refractivity (Wildman–Crippen MR) is 61.1 cm³/mol. The molecule has 0 unspecified atom stereocenters. The molecule has 0 saturated carbocycles. The lowest BCUT2D eigenvalue weighted by Gasteiger charge is -2.06. The minimum Gasteiger partial charge on any atom is -0.452 e. The Hall–Kier alpha value is -2.35. The van der Waals surface area contributed by atoms with Crippen LogP contribution in [0, 0.1) is 10.1 Å². The maximum absolute atomic E-state index is 11.5.